The van der Waals surface area contributed by atoms with Crippen molar-refractivity contribution in [2.75, 3.05) is 5.73 Å². The molecule has 0 saturated heterocycles. The molecule has 0 aliphatic heterocycles. The van der Waals surface area contributed by atoms with Gasteiger partial charge in [0.1, 0.15) is 6.54 Å². The van der Waals surface area contributed by atoms with Crippen LogP contribution in [0.15, 0.2) is 53.5 Å². The van der Waals surface area contributed by atoms with Gasteiger partial charge in [-0.15, -0.1) is 0 Å². The zero-order valence-electron chi connectivity index (χ0n) is 11.2. The second kappa shape index (κ2) is 6.06. The van der Waals surface area contributed by atoms with E-state index in [0.717, 1.165) is 5.56 Å². The standard InChI is InChI=1S/C15H17N3O2/c1-11(12-5-3-2-4-6-12)17-14(19)10-18-9-13(16)7-8-15(18)20/h2-9,11H,10,16H2,1H3,(H,17,19)/t11-/m0/s1. The van der Waals surface area contributed by atoms with Crippen molar-refractivity contribution in [3.05, 3.63) is 64.6 Å². The molecular weight excluding hydrogens is 254 g/mol. The van der Waals surface area contributed by atoms with Gasteiger partial charge in [-0.2, -0.15) is 0 Å². The second-order valence-corrected chi connectivity index (χ2v) is 4.63. The third-order valence-electron chi connectivity index (χ3n) is 3.00. The molecule has 0 bridgehead atoms. The summed E-state index contributed by atoms with van der Waals surface area (Å²) in [6, 6.07) is 12.4. The molecule has 20 heavy (non-hydrogen) atoms. The number of carbonyl (C=O) groups excluding carboxylic acids is 1. The Morgan fingerprint density at radius 2 is 1.95 bits per heavy atom. The molecule has 3 N–H and O–H groups in total. The van der Waals surface area contributed by atoms with Crippen LogP contribution in [0.1, 0.15) is 18.5 Å². The van der Waals surface area contributed by atoms with Crippen molar-refractivity contribution in [3.63, 3.8) is 0 Å². The predicted molar refractivity (Wildman–Crippen MR) is 78.1 cm³/mol. The minimum absolute atomic E-state index is 0.0406. The van der Waals surface area contributed by atoms with Crippen molar-refractivity contribution < 1.29 is 4.79 Å². The van der Waals surface area contributed by atoms with Gasteiger partial charge in [-0.3, -0.25) is 9.59 Å². The topological polar surface area (TPSA) is 77.1 Å². The van der Waals surface area contributed by atoms with Crippen LogP contribution in [0.5, 0.6) is 0 Å². The van der Waals surface area contributed by atoms with E-state index in [-0.39, 0.29) is 24.1 Å². The highest BCUT2D eigenvalue weighted by Crippen LogP contribution is 2.10. The lowest BCUT2D eigenvalue weighted by molar-refractivity contribution is -0.122. The van der Waals surface area contributed by atoms with Crippen LogP contribution in [0.25, 0.3) is 0 Å². The van der Waals surface area contributed by atoms with Gasteiger partial charge >= 0.3 is 0 Å². The van der Waals surface area contributed by atoms with Crippen molar-refractivity contribution in [1.29, 1.82) is 0 Å². The number of nitrogens with one attached hydrogen (secondary N) is 1. The molecule has 1 aromatic carbocycles. The minimum Gasteiger partial charge on any atom is -0.398 e. The van der Waals surface area contributed by atoms with E-state index in [2.05, 4.69) is 5.32 Å². The first-order chi connectivity index (χ1) is 9.56. The summed E-state index contributed by atoms with van der Waals surface area (Å²) in [5.74, 6) is -0.228. The average molecular weight is 271 g/mol. The Morgan fingerprint density at radius 1 is 1.25 bits per heavy atom. The number of carbonyl (C=O) groups is 1. The van der Waals surface area contributed by atoms with Gasteiger partial charge in [0.25, 0.3) is 5.56 Å². The Balaban J connectivity index is 2.02. The summed E-state index contributed by atoms with van der Waals surface area (Å²) in [5.41, 5.74) is 6.82. The third-order valence-corrected chi connectivity index (χ3v) is 3.00. The molecule has 104 valence electrons. The highest BCUT2D eigenvalue weighted by Gasteiger charge is 2.10. The van der Waals surface area contributed by atoms with E-state index in [1.807, 2.05) is 37.3 Å². The van der Waals surface area contributed by atoms with Crippen LogP contribution in [0.2, 0.25) is 0 Å². The molecule has 1 heterocycles. The number of nitrogens with zero attached hydrogens (tertiary/aromatic N) is 1. The maximum Gasteiger partial charge on any atom is 0.251 e. The molecule has 0 spiro atoms. The number of benzene rings is 1. The third kappa shape index (κ3) is 3.47. The highest BCUT2D eigenvalue weighted by molar-refractivity contribution is 5.76. The summed E-state index contributed by atoms with van der Waals surface area (Å²) in [5, 5.41) is 2.85. The Labute approximate surface area is 117 Å². The Bertz CT molecular complexity index is 650. The first-order valence-electron chi connectivity index (χ1n) is 6.36. The number of aromatic nitrogens is 1. The minimum atomic E-state index is -0.248. The summed E-state index contributed by atoms with van der Waals surface area (Å²) in [6.45, 7) is 1.86. The van der Waals surface area contributed by atoms with Crippen LogP contribution in [-0.4, -0.2) is 10.5 Å². The number of nitrogen functional groups attached to an aromatic ring is 1. The molecule has 0 aliphatic carbocycles. The lowest BCUT2D eigenvalue weighted by Crippen LogP contribution is -2.33. The zero-order valence-corrected chi connectivity index (χ0v) is 11.2. The van der Waals surface area contributed by atoms with Crippen molar-refractivity contribution >= 4 is 11.6 Å². The van der Waals surface area contributed by atoms with E-state index in [1.54, 1.807) is 0 Å². The second-order valence-electron chi connectivity index (χ2n) is 4.63. The maximum absolute atomic E-state index is 11.9. The number of rotatable bonds is 4. The number of hydrogen-bond acceptors (Lipinski definition) is 3. The van der Waals surface area contributed by atoms with E-state index < -0.39 is 0 Å². The summed E-state index contributed by atoms with van der Waals surface area (Å²) >= 11 is 0. The molecule has 5 nitrogen and oxygen atoms in total. The number of nitrogens with two attached hydrogens (primary N) is 1. The molecule has 1 amide bonds. The molecule has 0 fully saturated rings. The molecular formula is C15H17N3O2. The fraction of sp³-hybridized carbons (Fsp3) is 0.200. The summed E-state index contributed by atoms with van der Waals surface area (Å²) in [6.07, 6.45) is 1.47. The average Bonchev–Trinajstić information content (AvgIpc) is 2.43. The molecule has 5 heteroatoms. The maximum atomic E-state index is 11.9. The van der Waals surface area contributed by atoms with E-state index >= 15 is 0 Å². The van der Waals surface area contributed by atoms with E-state index in [4.69, 9.17) is 5.73 Å². The van der Waals surface area contributed by atoms with Gasteiger partial charge in [0.05, 0.1) is 6.04 Å². The molecule has 2 aromatic rings. The largest absolute Gasteiger partial charge is 0.398 e. The quantitative estimate of drug-likeness (QED) is 0.880. The van der Waals surface area contributed by atoms with E-state index in [1.165, 1.54) is 22.9 Å². The number of pyridine rings is 1. The monoisotopic (exact) mass is 271 g/mol. The van der Waals surface area contributed by atoms with Crippen LogP contribution in [0.4, 0.5) is 5.69 Å². The highest BCUT2D eigenvalue weighted by atomic mass is 16.2. The van der Waals surface area contributed by atoms with Crippen LogP contribution >= 0.6 is 0 Å². The molecule has 0 radical (unpaired) electrons. The molecule has 0 aliphatic rings. The Morgan fingerprint density at radius 3 is 2.65 bits per heavy atom. The molecule has 1 atom stereocenters. The normalized spacial score (nSPS) is 11.8. The van der Waals surface area contributed by atoms with Gasteiger partial charge in [-0.05, 0) is 18.6 Å². The first-order valence-corrected chi connectivity index (χ1v) is 6.36. The molecule has 1 aromatic heterocycles. The van der Waals surface area contributed by atoms with Crippen LogP contribution < -0.4 is 16.6 Å². The van der Waals surface area contributed by atoms with E-state index in [9.17, 15) is 9.59 Å². The fourth-order valence-corrected chi connectivity index (χ4v) is 1.94. The van der Waals surface area contributed by atoms with Crippen molar-refractivity contribution in [1.82, 2.24) is 9.88 Å². The van der Waals surface area contributed by atoms with Crippen molar-refractivity contribution in [2.24, 2.45) is 0 Å². The van der Waals surface area contributed by atoms with Gasteiger partial charge in [0, 0.05) is 18.0 Å². The zero-order chi connectivity index (χ0) is 14.5. The van der Waals surface area contributed by atoms with Gasteiger partial charge in [0.15, 0.2) is 0 Å². The van der Waals surface area contributed by atoms with Crippen molar-refractivity contribution in [3.8, 4) is 0 Å². The van der Waals surface area contributed by atoms with Gasteiger partial charge in [-0.25, -0.2) is 0 Å². The summed E-state index contributed by atoms with van der Waals surface area (Å²) in [7, 11) is 0. The Hall–Kier alpha value is -2.56. The number of amides is 1. The van der Waals surface area contributed by atoms with E-state index in [0.29, 0.717) is 5.69 Å². The smallest absolute Gasteiger partial charge is 0.251 e. The van der Waals surface area contributed by atoms with Crippen LogP contribution in [0.3, 0.4) is 0 Å². The van der Waals surface area contributed by atoms with Gasteiger partial charge in [0.2, 0.25) is 5.91 Å². The fourth-order valence-electron chi connectivity index (χ4n) is 1.94. The molecule has 0 saturated carbocycles. The van der Waals surface area contributed by atoms with Crippen molar-refractivity contribution in [2.45, 2.75) is 19.5 Å². The lowest BCUT2D eigenvalue weighted by Gasteiger charge is -2.15. The van der Waals surface area contributed by atoms with Crippen LogP contribution in [-0.2, 0) is 11.3 Å². The molecule has 0 unspecified atom stereocenters. The van der Waals surface area contributed by atoms with Gasteiger partial charge in [-0.1, -0.05) is 30.3 Å². The number of hydrogen-bond donors (Lipinski definition) is 2. The first kappa shape index (κ1) is 13.9. The lowest BCUT2D eigenvalue weighted by atomic mass is 10.1. The van der Waals surface area contributed by atoms with Gasteiger partial charge < -0.3 is 15.6 Å². The predicted octanol–water partition coefficient (Wildman–Crippen LogP) is 1.31. The summed E-state index contributed by atoms with van der Waals surface area (Å²) < 4.78 is 1.29. The van der Waals surface area contributed by atoms with Crippen LogP contribution in [0, 0.1) is 0 Å². The summed E-state index contributed by atoms with van der Waals surface area (Å²) in [4.78, 5) is 23.5. The number of anilines is 1. The molecule has 2 rings (SSSR count). The Kier molecular flexibility index (Phi) is 4.20. The SMILES string of the molecule is C[C@H](NC(=O)Cn1cc(N)ccc1=O)c1ccccc1.